The van der Waals surface area contributed by atoms with Gasteiger partial charge in [-0.25, -0.2) is 0 Å². The average molecular weight is 185 g/mol. The lowest BCUT2D eigenvalue weighted by Crippen LogP contribution is -2.38. The van der Waals surface area contributed by atoms with Crippen molar-refractivity contribution >= 4 is 5.97 Å². The number of carbonyl (C=O) groups is 1. The van der Waals surface area contributed by atoms with Crippen LogP contribution in [0.4, 0.5) is 0 Å². The molecule has 1 rings (SSSR count). The van der Waals surface area contributed by atoms with E-state index >= 15 is 0 Å². The maximum Gasteiger partial charge on any atom is 0.320 e. The number of hydrogen-bond donors (Lipinski definition) is 2. The third kappa shape index (κ3) is 2.69. The van der Waals surface area contributed by atoms with Gasteiger partial charge in [0.1, 0.15) is 6.04 Å². The zero-order chi connectivity index (χ0) is 9.84. The summed E-state index contributed by atoms with van der Waals surface area (Å²) < 4.78 is 0. The molecule has 0 aromatic carbocycles. The second kappa shape index (κ2) is 4.61. The van der Waals surface area contributed by atoms with Crippen molar-refractivity contribution in [2.45, 2.75) is 51.6 Å². The van der Waals surface area contributed by atoms with E-state index in [1.165, 1.54) is 12.8 Å². The Labute approximate surface area is 79.5 Å². The fourth-order valence-electron chi connectivity index (χ4n) is 2.07. The average Bonchev–Trinajstić information content (AvgIpc) is 2.52. The molecule has 0 aromatic rings. The Balaban J connectivity index is 2.35. The highest BCUT2D eigenvalue weighted by Crippen LogP contribution is 2.22. The van der Waals surface area contributed by atoms with Crippen molar-refractivity contribution in [1.29, 1.82) is 0 Å². The van der Waals surface area contributed by atoms with Crippen LogP contribution >= 0.6 is 0 Å². The lowest BCUT2D eigenvalue weighted by Gasteiger charge is -2.19. The smallest absolute Gasteiger partial charge is 0.320 e. The maximum atomic E-state index is 10.7. The molecule has 0 spiro atoms. The van der Waals surface area contributed by atoms with Crippen LogP contribution in [0.2, 0.25) is 0 Å². The topological polar surface area (TPSA) is 49.3 Å². The Morgan fingerprint density at radius 3 is 2.77 bits per heavy atom. The summed E-state index contributed by atoms with van der Waals surface area (Å²) in [6.07, 6.45) is 4.16. The van der Waals surface area contributed by atoms with Crippen LogP contribution in [-0.4, -0.2) is 23.2 Å². The zero-order valence-corrected chi connectivity index (χ0v) is 8.42. The van der Waals surface area contributed by atoms with Crippen LogP contribution in [0.3, 0.4) is 0 Å². The predicted octanol–water partition coefficient (Wildman–Crippen LogP) is 1.63. The van der Waals surface area contributed by atoms with Gasteiger partial charge in [0, 0.05) is 6.04 Å². The summed E-state index contributed by atoms with van der Waals surface area (Å²) in [5, 5.41) is 12.0. The van der Waals surface area contributed by atoms with Crippen molar-refractivity contribution in [2.75, 3.05) is 0 Å². The lowest BCUT2D eigenvalue weighted by atomic mass is 9.96. The van der Waals surface area contributed by atoms with E-state index in [1.807, 2.05) is 0 Å². The van der Waals surface area contributed by atoms with Crippen LogP contribution in [0.1, 0.15) is 39.5 Å². The van der Waals surface area contributed by atoms with E-state index in [2.05, 4.69) is 19.2 Å². The van der Waals surface area contributed by atoms with E-state index in [0.29, 0.717) is 12.0 Å². The van der Waals surface area contributed by atoms with Crippen molar-refractivity contribution in [1.82, 2.24) is 5.32 Å². The molecule has 0 aromatic heterocycles. The molecule has 3 atom stereocenters. The van der Waals surface area contributed by atoms with E-state index in [1.54, 1.807) is 0 Å². The van der Waals surface area contributed by atoms with E-state index in [-0.39, 0.29) is 6.04 Å². The number of carboxylic acids is 1. The highest BCUT2D eigenvalue weighted by atomic mass is 16.4. The molecular formula is C10H19NO2. The molecule has 76 valence electrons. The minimum Gasteiger partial charge on any atom is -0.480 e. The standard InChI is InChI=1S/C10H19NO2/c1-3-4-7(2)8-5-6-9(11-8)10(12)13/h7-9,11H,3-6H2,1-2H3,(H,12,13). The van der Waals surface area contributed by atoms with Crippen molar-refractivity contribution in [3.63, 3.8) is 0 Å². The van der Waals surface area contributed by atoms with Gasteiger partial charge in [0.2, 0.25) is 0 Å². The molecule has 0 aliphatic carbocycles. The molecule has 1 saturated heterocycles. The summed E-state index contributed by atoms with van der Waals surface area (Å²) in [6.45, 7) is 4.37. The van der Waals surface area contributed by atoms with Gasteiger partial charge in [-0.1, -0.05) is 20.3 Å². The first-order chi connectivity index (χ1) is 6.15. The quantitative estimate of drug-likeness (QED) is 0.700. The predicted molar refractivity (Wildman–Crippen MR) is 51.7 cm³/mol. The number of rotatable bonds is 4. The molecule has 1 fully saturated rings. The summed E-state index contributed by atoms with van der Waals surface area (Å²) in [5.74, 6) is -0.0967. The second-order valence-electron chi connectivity index (χ2n) is 4.01. The third-order valence-corrected chi connectivity index (χ3v) is 2.91. The Hall–Kier alpha value is -0.570. The molecule has 0 radical (unpaired) electrons. The van der Waals surface area contributed by atoms with E-state index in [4.69, 9.17) is 5.11 Å². The molecule has 13 heavy (non-hydrogen) atoms. The van der Waals surface area contributed by atoms with Crippen LogP contribution in [-0.2, 0) is 4.79 Å². The molecule has 3 unspecified atom stereocenters. The van der Waals surface area contributed by atoms with Gasteiger partial charge < -0.3 is 10.4 Å². The molecule has 2 N–H and O–H groups in total. The molecule has 0 saturated carbocycles. The minimum absolute atomic E-state index is 0.302. The Morgan fingerprint density at radius 1 is 1.62 bits per heavy atom. The first kappa shape index (κ1) is 10.5. The highest BCUT2D eigenvalue weighted by Gasteiger charge is 2.31. The van der Waals surface area contributed by atoms with Gasteiger partial charge in [0.05, 0.1) is 0 Å². The SMILES string of the molecule is CCCC(C)C1CCC(C(=O)O)N1. The summed E-state index contributed by atoms with van der Waals surface area (Å²) >= 11 is 0. The normalized spacial score (nSPS) is 30.3. The van der Waals surface area contributed by atoms with Gasteiger partial charge in [-0.05, 0) is 25.2 Å². The molecule has 1 aliphatic rings. The van der Waals surface area contributed by atoms with Crippen LogP contribution in [0.5, 0.6) is 0 Å². The van der Waals surface area contributed by atoms with Crippen molar-refractivity contribution in [3.05, 3.63) is 0 Å². The van der Waals surface area contributed by atoms with Crippen LogP contribution in [0, 0.1) is 5.92 Å². The minimum atomic E-state index is -0.703. The number of nitrogens with one attached hydrogen (secondary N) is 1. The third-order valence-electron chi connectivity index (χ3n) is 2.91. The van der Waals surface area contributed by atoms with Crippen molar-refractivity contribution in [3.8, 4) is 0 Å². The van der Waals surface area contributed by atoms with Crippen molar-refractivity contribution < 1.29 is 9.90 Å². The van der Waals surface area contributed by atoms with Gasteiger partial charge >= 0.3 is 5.97 Å². The monoisotopic (exact) mass is 185 g/mol. The summed E-state index contributed by atoms with van der Waals surface area (Å²) in [5.41, 5.74) is 0. The van der Waals surface area contributed by atoms with Gasteiger partial charge in [0.25, 0.3) is 0 Å². The Kier molecular flexibility index (Phi) is 3.72. The first-order valence-corrected chi connectivity index (χ1v) is 5.14. The largest absolute Gasteiger partial charge is 0.480 e. The van der Waals surface area contributed by atoms with Gasteiger partial charge in [-0.2, -0.15) is 0 Å². The molecule has 0 bridgehead atoms. The number of aliphatic carboxylic acids is 1. The van der Waals surface area contributed by atoms with Crippen LogP contribution in [0.25, 0.3) is 0 Å². The fourth-order valence-corrected chi connectivity index (χ4v) is 2.07. The Bertz CT molecular complexity index is 182. The maximum absolute atomic E-state index is 10.7. The van der Waals surface area contributed by atoms with Gasteiger partial charge in [-0.3, -0.25) is 4.79 Å². The van der Waals surface area contributed by atoms with E-state index < -0.39 is 5.97 Å². The van der Waals surface area contributed by atoms with Crippen LogP contribution in [0.15, 0.2) is 0 Å². The summed E-state index contributed by atoms with van der Waals surface area (Å²) in [6, 6.07) is 0.116. The molecule has 1 aliphatic heterocycles. The fraction of sp³-hybridized carbons (Fsp3) is 0.900. The number of hydrogen-bond acceptors (Lipinski definition) is 2. The summed E-state index contributed by atoms with van der Waals surface area (Å²) in [4.78, 5) is 10.7. The molecular weight excluding hydrogens is 166 g/mol. The highest BCUT2D eigenvalue weighted by molar-refractivity contribution is 5.73. The number of carboxylic acid groups (broad SMARTS) is 1. The second-order valence-corrected chi connectivity index (χ2v) is 4.01. The van der Waals surface area contributed by atoms with E-state index in [9.17, 15) is 4.79 Å². The van der Waals surface area contributed by atoms with Crippen molar-refractivity contribution in [2.24, 2.45) is 5.92 Å². The molecule has 0 amide bonds. The van der Waals surface area contributed by atoms with E-state index in [0.717, 1.165) is 12.8 Å². The van der Waals surface area contributed by atoms with Crippen LogP contribution < -0.4 is 5.32 Å². The molecule has 3 nitrogen and oxygen atoms in total. The zero-order valence-electron chi connectivity index (χ0n) is 8.42. The summed E-state index contributed by atoms with van der Waals surface area (Å²) in [7, 11) is 0. The lowest BCUT2D eigenvalue weighted by molar-refractivity contribution is -0.139. The molecule has 1 heterocycles. The molecule has 3 heteroatoms. The van der Waals surface area contributed by atoms with Gasteiger partial charge in [-0.15, -0.1) is 0 Å². The first-order valence-electron chi connectivity index (χ1n) is 5.14. The Morgan fingerprint density at radius 2 is 2.31 bits per heavy atom. The van der Waals surface area contributed by atoms with Gasteiger partial charge in [0.15, 0.2) is 0 Å².